The fraction of sp³-hybridized carbons (Fsp3) is 0.286. The molecular formula is C14H16N2O2S2. The number of likely N-dealkylation sites (N-methyl/N-ethyl adjacent to an activating group) is 1. The minimum Gasteiger partial charge on any atom is -0.342 e. The molecule has 2 aromatic heterocycles. The Morgan fingerprint density at radius 3 is 2.55 bits per heavy atom. The predicted molar refractivity (Wildman–Crippen MR) is 82.2 cm³/mol. The van der Waals surface area contributed by atoms with Crippen LogP contribution in [0.5, 0.6) is 0 Å². The summed E-state index contributed by atoms with van der Waals surface area (Å²) in [6.45, 7) is 1.99. The van der Waals surface area contributed by atoms with Gasteiger partial charge < -0.3 is 10.2 Å². The van der Waals surface area contributed by atoms with Gasteiger partial charge in [0.25, 0.3) is 5.91 Å². The summed E-state index contributed by atoms with van der Waals surface area (Å²) < 4.78 is 0. The van der Waals surface area contributed by atoms with Crippen molar-refractivity contribution in [1.29, 1.82) is 0 Å². The molecule has 2 amide bonds. The van der Waals surface area contributed by atoms with E-state index in [4.69, 9.17) is 0 Å². The lowest BCUT2D eigenvalue weighted by atomic mass is 10.2. The minimum atomic E-state index is -0.203. The number of hydrogen-bond donors (Lipinski definition) is 1. The van der Waals surface area contributed by atoms with Crippen molar-refractivity contribution in [2.45, 2.75) is 13.0 Å². The topological polar surface area (TPSA) is 49.4 Å². The van der Waals surface area contributed by atoms with Crippen molar-refractivity contribution in [3.8, 4) is 0 Å². The van der Waals surface area contributed by atoms with E-state index < -0.39 is 0 Å². The van der Waals surface area contributed by atoms with Crippen LogP contribution in [0.4, 0.5) is 0 Å². The van der Waals surface area contributed by atoms with E-state index in [1.807, 2.05) is 35.9 Å². The number of nitrogens with zero attached hydrogens (tertiary/aromatic N) is 1. The summed E-state index contributed by atoms with van der Waals surface area (Å²) in [4.78, 5) is 27.2. The lowest BCUT2D eigenvalue weighted by molar-refractivity contribution is -0.130. The molecule has 6 heteroatoms. The molecule has 0 bridgehead atoms. The highest BCUT2D eigenvalue weighted by molar-refractivity contribution is 7.12. The number of hydrogen-bond acceptors (Lipinski definition) is 4. The van der Waals surface area contributed by atoms with Crippen molar-refractivity contribution in [2.24, 2.45) is 0 Å². The summed E-state index contributed by atoms with van der Waals surface area (Å²) in [6.07, 6.45) is 0. The molecule has 106 valence electrons. The molecule has 0 saturated heterocycles. The largest absolute Gasteiger partial charge is 0.342 e. The first-order chi connectivity index (χ1) is 9.59. The van der Waals surface area contributed by atoms with Crippen LogP contribution in [-0.4, -0.2) is 30.3 Å². The van der Waals surface area contributed by atoms with E-state index in [2.05, 4.69) is 5.32 Å². The molecule has 1 atom stereocenters. The number of amides is 2. The Kier molecular flexibility index (Phi) is 4.92. The fourth-order valence-corrected chi connectivity index (χ4v) is 3.18. The standard InChI is InChI=1S/C14H16N2O2S2/c1-10(11-5-3-7-19-11)16(2)13(17)9-15-14(18)12-6-4-8-20-12/h3-8,10H,9H2,1-2H3,(H,15,18). The molecule has 0 aromatic carbocycles. The fourth-order valence-electron chi connectivity index (χ4n) is 1.71. The van der Waals surface area contributed by atoms with Crippen molar-refractivity contribution in [3.05, 3.63) is 44.8 Å². The summed E-state index contributed by atoms with van der Waals surface area (Å²) in [6, 6.07) is 7.53. The maximum Gasteiger partial charge on any atom is 0.261 e. The molecule has 0 aliphatic rings. The molecule has 2 aromatic rings. The van der Waals surface area contributed by atoms with Gasteiger partial charge in [-0.25, -0.2) is 0 Å². The van der Waals surface area contributed by atoms with Gasteiger partial charge in [0.15, 0.2) is 0 Å². The van der Waals surface area contributed by atoms with Crippen molar-refractivity contribution >= 4 is 34.5 Å². The van der Waals surface area contributed by atoms with Gasteiger partial charge in [-0.05, 0) is 29.8 Å². The van der Waals surface area contributed by atoms with Crippen LogP contribution in [0.3, 0.4) is 0 Å². The highest BCUT2D eigenvalue weighted by Crippen LogP contribution is 2.23. The number of thiophene rings is 2. The molecule has 4 nitrogen and oxygen atoms in total. The van der Waals surface area contributed by atoms with Crippen LogP contribution in [0, 0.1) is 0 Å². The zero-order valence-electron chi connectivity index (χ0n) is 11.3. The van der Waals surface area contributed by atoms with Crippen LogP contribution in [0.2, 0.25) is 0 Å². The third-order valence-electron chi connectivity index (χ3n) is 3.07. The number of nitrogens with one attached hydrogen (secondary N) is 1. The van der Waals surface area contributed by atoms with Crippen molar-refractivity contribution < 1.29 is 9.59 Å². The molecule has 1 N–H and O–H groups in total. The van der Waals surface area contributed by atoms with E-state index >= 15 is 0 Å². The van der Waals surface area contributed by atoms with E-state index in [0.29, 0.717) is 4.88 Å². The van der Waals surface area contributed by atoms with Gasteiger partial charge in [0.05, 0.1) is 17.5 Å². The Hall–Kier alpha value is -1.66. The highest BCUT2D eigenvalue weighted by atomic mass is 32.1. The highest BCUT2D eigenvalue weighted by Gasteiger charge is 2.18. The smallest absolute Gasteiger partial charge is 0.261 e. The Balaban J connectivity index is 1.87. The first kappa shape index (κ1) is 14.7. The molecule has 0 aliphatic heterocycles. The number of rotatable bonds is 5. The van der Waals surface area contributed by atoms with Crippen LogP contribution in [-0.2, 0) is 4.79 Å². The van der Waals surface area contributed by atoms with Gasteiger partial charge in [-0.3, -0.25) is 9.59 Å². The third kappa shape index (κ3) is 3.46. The number of carbonyl (C=O) groups is 2. The van der Waals surface area contributed by atoms with Crippen molar-refractivity contribution in [1.82, 2.24) is 10.2 Å². The van der Waals surface area contributed by atoms with Gasteiger partial charge in [0.1, 0.15) is 0 Å². The zero-order chi connectivity index (χ0) is 14.5. The maximum absolute atomic E-state index is 12.1. The lowest BCUT2D eigenvalue weighted by Crippen LogP contribution is -2.38. The Morgan fingerprint density at radius 1 is 1.25 bits per heavy atom. The second-order valence-corrected chi connectivity index (χ2v) is 6.28. The van der Waals surface area contributed by atoms with Gasteiger partial charge in [-0.2, -0.15) is 0 Å². The molecule has 1 unspecified atom stereocenters. The average Bonchev–Trinajstić information content (AvgIpc) is 3.14. The van der Waals surface area contributed by atoms with E-state index in [-0.39, 0.29) is 24.4 Å². The van der Waals surface area contributed by atoms with Crippen LogP contribution in [0.15, 0.2) is 35.0 Å². The monoisotopic (exact) mass is 308 g/mol. The zero-order valence-corrected chi connectivity index (χ0v) is 13.0. The SMILES string of the molecule is CC(c1cccs1)N(C)C(=O)CNC(=O)c1cccs1. The molecule has 0 spiro atoms. The van der Waals surface area contributed by atoms with Crippen LogP contribution in [0.25, 0.3) is 0 Å². The Labute approximate surface area is 126 Å². The molecule has 0 aliphatic carbocycles. The third-order valence-corrected chi connectivity index (χ3v) is 4.99. The predicted octanol–water partition coefficient (Wildman–Crippen LogP) is 2.76. The van der Waals surface area contributed by atoms with Crippen LogP contribution in [0.1, 0.15) is 27.5 Å². The minimum absolute atomic E-state index is 0.0149. The normalized spacial score (nSPS) is 11.9. The Bertz CT molecular complexity index is 564. The van der Waals surface area contributed by atoms with Gasteiger partial charge in [0.2, 0.25) is 5.91 Å². The van der Waals surface area contributed by atoms with Gasteiger partial charge in [-0.15, -0.1) is 22.7 Å². The molecule has 20 heavy (non-hydrogen) atoms. The maximum atomic E-state index is 12.1. The van der Waals surface area contributed by atoms with E-state index in [9.17, 15) is 9.59 Å². The summed E-state index contributed by atoms with van der Waals surface area (Å²) >= 11 is 2.98. The summed E-state index contributed by atoms with van der Waals surface area (Å²) in [5.74, 6) is -0.304. The average molecular weight is 308 g/mol. The molecule has 0 fully saturated rings. The lowest BCUT2D eigenvalue weighted by Gasteiger charge is -2.24. The number of carbonyl (C=O) groups excluding carboxylic acids is 2. The molecule has 2 rings (SSSR count). The quantitative estimate of drug-likeness (QED) is 0.923. The van der Waals surface area contributed by atoms with Crippen molar-refractivity contribution in [2.75, 3.05) is 13.6 Å². The second-order valence-electron chi connectivity index (χ2n) is 4.36. The van der Waals surface area contributed by atoms with E-state index in [1.165, 1.54) is 11.3 Å². The van der Waals surface area contributed by atoms with Crippen LogP contribution < -0.4 is 5.32 Å². The Morgan fingerprint density at radius 2 is 1.95 bits per heavy atom. The van der Waals surface area contributed by atoms with Crippen molar-refractivity contribution in [3.63, 3.8) is 0 Å². The first-order valence-electron chi connectivity index (χ1n) is 6.20. The van der Waals surface area contributed by atoms with E-state index in [0.717, 1.165) is 4.88 Å². The summed E-state index contributed by atoms with van der Waals surface area (Å²) in [5, 5.41) is 6.47. The summed E-state index contributed by atoms with van der Waals surface area (Å²) in [5.41, 5.74) is 0. The summed E-state index contributed by atoms with van der Waals surface area (Å²) in [7, 11) is 1.75. The first-order valence-corrected chi connectivity index (χ1v) is 7.96. The van der Waals surface area contributed by atoms with Gasteiger partial charge in [-0.1, -0.05) is 12.1 Å². The van der Waals surface area contributed by atoms with Crippen LogP contribution >= 0.6 is 22.7 Å². The molecule has 0 radical (unpaired) electrons. The molecular weight excluding hydrogens is 292 g/mol. The molecule has 2 heterocycles. The second kappa shape index (κ2) is 6.67. The van der Waals surface area contributed by atoms with Gasteiger partial charge in [0, 0.05) is 11.9 Å². The molecule has 0 saturated carbocycles. The van der Waals surface area contributed by atoms with E-state index in [1.54, 1.807) is 29.4 Å². The van der Waals surface area contributed by atoms with Gasteiger partial charge >= 0.3 is 0 Å².